The molecule has 1 aromatic carbocycles. The molecule has 0 radical (unpaired) electrons. The second kappa shape index (κ2) is 7.69. The predicted molar refractivity (Wildman–Crippen MR) is 93.6 cm³/mol. The molecule has 3 rings (SSSR count). The van der Waals surface area contributed by atoms with Gasteiger partial charge in [0.2, 0.25) is 17.7 Å². The molecule has 0 spiro atoms. The Bertz CT molecular complexity index is 749. The van der Waals surface area contributed by atoms with Crippen molar-refractivity contribution in [1.82, 2.24) is 15.1 Å². The second-order valence-electron chi connectivity index (χ2n) is 6.03. The van der Waals surface area contributed by atoms with Crippen molar-refractivity contribution in [3.63, 3.8) is 0 Å². The van der Waals surface area contributed by atoms with Crippen LogP contribution in [0, 0.1) is 5.92 Å². The van der Waals surface area contributed by atoms with E-state index in [4.69, 9.17) is 10.2 Å². The van der Waals surface area contributed by atoms with Gasteiger partial charge in [-0.05, 0) is 31.9 Å². The van der Waals surface area contributed by atoms with E-state index in [0.29, 0.717) is 24.2 Å². The van der Waals surface area contributed by atoms with Gasteiger partial charge in [-0.3, -0.25) is 9.59 Å². The molecule has 132 valence electrons. The summed E-state index contributed by atoms with van der Waals surface area (Å²) in [5.41, 5.74) is 6.21. The van der Waals surface area contributed by atoms with Gasteiger partial charge in [-0.25, -0.2) is 0 Å². The SMILES string of the molecule is CC(Sc1nnc(-c2ccccc2)o1)C(=O)N1CCCC(C(N)=O)C1. The summed E-state index contributed by atoms with van der Waals surface area (Å²) in [7, 11) is 0. The normalized spacial score (nSPS) is 18.8. The molecule has 2 aromatic rings. The van der Waals surface area contributed by atoms with Crippen LogP contribution in [0.4, 0.5) is 0 Å². The van der Waals surface area contributed by atoms with Crippen LogP contribution in [0.3, 0.4) is 0 Å². The van der Waals surface area contributed by atoms with Crippen molar-refractivity contribution in [2.75, 3.05) is 13.1 Å². The van der Waals surface area contributed by atoms with E-state index >= 15 is 0 Å². The lowest BCUT2D eigenvalue weighted by atomic mass is 9.97. The number of nitrogens with two attached hydrogens (primary N) is 1. The molecular formula is C17H20N4O3S. The largest absolute Gasteiger partial charge is 0.411 e. The van der Waals surface area contributed by atoms with Crippen LogP contribution >= 0.6 is 11.8 Å². The maximum Gasteiger partial charge on any atom is 0.277 e. The van der Waals surface area contributed by atoms with Crippen molar-refractivity contribution in [3.05, 3.63) is 30.3 Å². The van der Waals surface area contributed by atoms with Gasteiger partial charge in [0.15, 0.2) is 0 Å². The average Bonchev–Trinajstić information content (AvgIpc) is 3.10. The molecule has 0 saturated carbocycles. The highest BCUT2D eigenvalue weighted by Gasteiger charge is 2.30. The van der Waals surface area contributed by atoms with E-state index in [0.717, 1.165) is 18.4 Å². The number of nitrogens with zero attached hydrogens (tertiary/aromatic N) is 3. The van der Waals surface area contributed by atoms with Crippen LogP contribution < -0.4 is 5.73 Å². The Balaban J connectivity index is 1.62. The molecule has 2 atom stereocenters. The lowest BCUT2D eigenvalue weighted by molar-refractivity contribution is -0.134. The zero-order valence-corrected chi connectivity index (χ0v) is 14.7. The first kappa shape index (κ1) is 17.5. The minimum atomic E-state index is -0.379. The smallest absolute Gasteiger partial charge is 0.277 e. The Hall–Kier alpha value is -2.35. The number of hydrogen-bond acceptors (Lipinski definition) is 6. The first-order chi connectivity index (χ1) is 12.0. The quantitative estimate of drug-likeness (QED) is 0.818. The highest BCUT2D eigenvalue weighted by molar-refractivity contribution is 8.00. The van der Waals surface area contributed by atoms with Gasteiger partial charge in [0.05, 0.1) is 11.2 Å². The predicted octanol–water partition coefficient (Wildman–Crippen LogP) is 1.94. The Morgan fingerprint density at radius 2 is 2.08 bits per heavy atom. The number of carbonyl (C=O) groups excluding carboxylic acids is 2. The molecule has 1 saturated heterocycles. The molecular weight excluding hydrogens is 340 g/mol. The van der Waals surface area contributed by atoms with E-state index in [1.165, 1.54) is 11.8 Å². The highest BCUT2D eigenvalue weighted by atomic mass is 32.2. The number of thioether (sulfide) groups is 1. The van der Waals surface area contributed by atoms with Crippen LogP contribution in [-0.2, 0) is 9.59 Å². The third kappa shape index (κ3) is 4.19. The summed E-state index contributed by atoms with van der Waals surface area (Å²) in [5, 5.41) is 8.00. The van der Waals surface area contributed by atoms with Gasteiger partial charge in [0, 0.05) is 18.7 Å². The van der Waals surface area contributed by atoms with Crippen molar-refractivity contribution >= 4 is 23.6 Å². The summed E-state index contributed by atoms with van der Waals surface area (Å²) in [4.78, 5) is 25.7. The summed E-state index contributed by atoms with van der Waals surface area (Å²) < 4.78 is 5.63. The monoisotopic (exact) mass is 360 g/mol. The van der Waals surface area contributed by atoms with Crippen molar-refractivity contribution in [2.45, 2.75) is 30.2 Å². The third-order valence-corrected chi connectivity index (χ3v) is 5.11. The molecule has 2 amide bonds. The van der Waals surface area contributed by atoms with Crippen LogP contribution in [0.1, 0.15) is 19.8 Å². The number of likely N-dealkylation sites (tertiary alicyclic amines) is 1. The number of amides is 2. The van der Waals surface area contributed by atoms with Gasteiger partial charge in [-0.2, -0.15) is 0 Å². The van der Waals surface area contributed by atoms with Crippen LogP contribution in [0.15, 0.2) is 40.0 Å². The van der Waals surface area contributed by atoms with Crippen molar-refractivity contribution < 1.29 is 14.0 Å². The number of benzene rings is 1. The molecule has 2 N–H and O–H groups in total. The van der Waals surface area contributed by atoms with Gasteiger partial charge in [-0.15, -0.1) is 10.2 Å². The number of hydrogen-bond donors (Lipinski definition) is 1. The van der Waals surface area contributed by atoms with E-state index in [1.807, 2.05) is 30.3 Å². The Labute approximate surface area is 150 Å². The maximum atomic E-state index is 12.6. The maximum absolute atomic E-state index is 12.6. The van der Waals surface area contributed by atoms with Crippen molar-refractivity contribution in [1.29, 1.82) is 0 Å². The zero-order chi connectivity index (χ0) is 17.8. The number of carbonyl (C=O) groups is 2. The summed E-state index contributed by atoms with van der Waals surface area (Å²) in [5.74, 6) is -0.227. The molecule has 2 heterocycles. The van der Waals surface area contributed by atoms with Gasteiger partial charge >= 0.3 is 0 Å². The topological polar surface area (TPSA) is 102 Å². The van der Waals surface area contributed by atoms with E-state index in [1.54, 1.807) is 11.8 Å². The molecule has 1 aromatic heterocycles. The molecule has 2 unspecified atom stereocenters. The minimum Gasteiger partial charge on any atom is -0.411 e. The van der Waals surface area contributed by atoms with Crippen LogP contribution in [0.5, 0.6) is 0 Å². The Morgan fingerprint density at radius 3 is 2.80 bits per heavy atom. The zero-order valence-electron chi connectivity index (χ0n) is 13.9. The fourth-order valence-electron chi connectivity index (χ4n) is 2.82. The molecule has 25 heavy (non-hydrogen) atoms. The molecule has 0 bridgehead atoms. The van der Waals surface area contributed by atoms with Crippen LogP contribution in [0.2, 0.25) is 0 Å². The fraction of sp³-hybridized carbons (Fsp3) is 0.412. The molecule has 0 aliphatic carbocycles. The second-order valence-corrected chi connectivity index (χ2v) is 7.32. The van der Waals surface area contributed by atoms with E-state index in [9.17, 15) is 9.59 Å². The average molecular weight is 360 g/mol. The van der Waals surface area contributed by atoms with Crippen LogP contribution in [-0.4, -0.2) is 45.3 Å². The van der Waals surface area contributed by atoms with Crippen LogP contribution in [0.25, 0.3) is 11.5 Å². The highest BCUT2D eigenvalue weighted by Crippen LogP contribution is 2.28. The fourth-order valence-corrected chi connectivity index (χ4v) is 3.59. The van der Waals surface area contributed by atoms with Gasteiger partial charge in [0.1, 0.15) is 0 Å². The van der Waals surface area contributed by atoms with E-state index in [-0.39, 0.29) is 23.0 Å². The standard InChI is InChI=1S/C17H20N4O3S/c1-11(16(23)21-9-5-8-13(10-21)14(18)22)25-17-20-19-15(24-17)12-6-3-2-4-7-12/h2-4,6-7,11,13H,5,8-10H2,1H3,(H2,18,22). The summed E-state index contributed by atoms with van der Waals surface area (Å²) in [6.07, 6.45) is 1.53. The third-order valence-electron chi connectivity index (χ3n) is 4.19. The Kier molecular flexibility index (Phi) is 5.37. The number of aromatic nitrogens is 2. The number of rotatable bonds is 5. The van der Waals surface area contributed by atoms with E-state index in [2.05, 4.69) is 10.2 Å². The summed E-state index contributed by atoms with van der Waals surface area (Å²) >= 11 is 1.22. The minimum absolute atomic E-state index is 0.0459. The molecule has 1 fully saturated rings. The first-order valence-electron chi connectivity index (χ1n) is 8.18. The van der Waals surface area contributed by atoms with Gasteiger partial charge in [0.25, 0.3) is 5.22 Å². The number of piperidine rings is 1. The summed E-state index contributed by atoms with van der Waals surface area (Å²) in [6, 6.07) is 9.46. The summed E-state index contributed by atoms with van der Waals surface area (Å²) in [6.45, 7) is 2.83. The van der Waals surface area contributed by atoms with Gasteiger partial charge in [-0.1, -0.05) is 30.0 Å². The lowest BCUT2D eigenvalue weighted by Crippen LogP contribution is -2.46. The molecule has 8 heteroatoms. The Morgan fingerprint density at radius 1 is 1.32 bits per heavy atom. The first-order valence-corrected chi connectivity index (χ1v) is 9.06. The van der Waals surface area contributed by atoms with Crippen molar-refractivity contribution in [2.24, 2.45) is 11.7 Å². The lowest BCUT2D eigenvalue weighted by Gasteiger charge is -2.32. The van der Waals surface area contributed by atoms with E-state index < -0.39 is 0 Å². The van der Waals surface area contributed by atoms with Gasteiger partial charge < -0.3 is 15.1 Å². The molecule has 1 aliphatic rings. The molecule has 1 aliphatic heterocycles. The number of primary amides is 1. The molecule has 7 nitrogen and oxygen atoms in total. The van der Waals surface area contributed by atoms with Crippen molar-refractivity contribution in [3.8, 4) is 11.5 Å².